The number of hydrogen-bond donors (Lipinski definition) is 7. The van der Waals surface area contributed by atoms with Crippen LogP contribution in [0, 0.1) is 12.1 Å². The predicted molar refractivity (Wildman–Crippen MR) is 74.3 cm³/mol. The Bertz CT molecular complexity index is 511. The minimum Gasteiger partial charge on any atom is -0.595 e. The lowest BCUT2D eigenvalue weighted by atomic mass is 9.98. The lowest BCUT2D eigenvalue weighted by Gasteiger charge is -2.40. The van der Waals surface area contributed by atoms with Gasteiger partial charge in [0.2, 0.25) is 0 Å². The van der Waals surface area contributed by atoms with Crippen LogP contribution in [0.25, 0.3) is 0 Å². The van der Waals surface area contributed by atoms with Gasteiger partial charge in [0, 0.05) is 17.8 Å². The van der Waals surface area contributed by atoms with Crippen LogP contribution >= 0.6 is 0 Å². The number of aryl methyl sites for hydroxylation is 1. The van der Waals surface area contributed by atoms with Gasteiger partial charge in [0.15, 0.2) is 11.9 Å². The third kappa shape index (κ3) is 3.37. The van der Waals surface area contributed by atoms with Crippen molar-refractivity contribution in [3.05, 3.63) is 29.0 Å². The molecule has 0 spiro atoms. The molecular weight excluding hydrogens is 296 g/mol. The molecule has 9 nitrogen and oxygen atoms in total. The van der Waals surface area contributed by atoms with Crippen molar-refractivity contribution in [1.29, 1.82) is 0 Å². The number of anilines is 1. The first kappa shape index (κ1) is 17.1. The van der Waals surface area contributed by atoms with Crippen LogP contribution < -0.4 is 10.5 Å². The van der Waals surface area contributed by atoms with Gasteiger partial charge in [0.25, 0.3) is 0 Å². The molecule has 1 heterocycles. The van der Waals surface area contributed by atoms with Gasteiger partial charge in [-0.3, -0.25) is 0 Å². The first-order chi connectivity index (χ1) is 10.3. The van der Waals surface area contributed by atoms with Crippen molar-refractivity contribution in [3.63, 3.8) is 0 Å². The molecule has 1 fully saturated rings. The summed E-state index contributed by atoms with van der Waals surface area (Å²) in [5, 5.41) is 60.1. The fourth-order valence-corrected chi connectivity index (χ4v) is 2.33. The lowest BCUT2D eigenvalue weighted by molar-refractivity contribution is -0.991. The predicted octanol–water partition coefficient (Wildman–Crippen LogP) is -2.39. The Morgan fingerprint density at radius 3 is 2.45 bits per heavy atom. The standard InChI is InChI=1S/C13H20N2O7/c1-6-4-7(15(20)21)2-3-8(6)14-13-12(19)11(18)10(17)9(5-16)22-13/h2-4,9-20H,5H2,1H3/t9-,10-,11+,12+,13+/m1/s1. The average Bonchev–Trinajstić information content (AvgIpc) is 2.49. The van der Waals surface area contributed by atoms with E-state index in [4.69, 9.17) is 15.1 Å². The van der Waals surface area contributed by atoms with Gasteiger partial charge in [-0.15, -0.1) is 0 Å². The van der Waals surface area contributed by atoms with Crippen LogP contribution in [0.2, 0.25) is 0 Å². The van der Waals surface area contributed by atoms with E-state index in [2.05, 4.69) is 5.32 Å². The molecule has 0 aromatic heterocycles. The van der Waals surface area contributed by atoms with Gasteiger partial charge >= 0.3 is 0 Å². The third-order valence-corrected chi connectivity index (χ3v) is 3.66. The number of ether oxygens (including phenoxy) is 1. The van der Waals surface area contributed by atoms with E-state index in [0.717, 1.165) is 0 Å². The number of benzene rings is 1. The van der Waals surface area contributed by atoms with Gasteiger partial charge in [-0.25, -0.2) is 5.21 Å². The zero-order valence-electron chi connectivity index (χ0n) is 11.9. The van der Waals surface area contributed by atoms with Crippen molar-refractivity contribution in [2.24, 2.45) is 0 Å². The highest BCUT2D eigenvalue weighted by molar-refractivity contribution is 5.55. The summed E-state index contributed by atoms with van der Waals surface area (Å²) in [5.41, 5.74) is 1.24. The minimum atomic E-state index is -1.47. The second-order valence-electron chi connectivity index (χ2n) is 5.23. The van der Waals surface area contributed by atoms with E-state index in [9.17, 15) is 20.5 Å². The molecule has 9 heteroatoms. The summed E-state index contributed by atoms with van der Waals surface area (Å²) in [6.07, 6.45) is -6.36. The van der Waals surface area contributed by atoms with E-state index in [-0.39, 0.29) is 5.69 Å². The van der Waals surface area contributed by atoms with Crippen molar-refractivity contribution >= 4 is 11.4 Å². The summed E-state index contributed by atoms with van der Waals surface area (Å²) in [6.45, 7) is 1.17. The largest absolute Gasteiger partial charge is 0.595 e. The van der Waals surface area contributed by atoms with E-state index >= 15 is 0 Å². The highest BCUT2D eigenvalue weighted by Gasteiger charge is 2.43. The molecule has 0 aliphatic carbocycles. The number of aliphatic hydroxyl groups excluding tert-OH is 4. The summed E-state index contributed by atoms with van der Waals surface area (Å²) in [6, 6.07) is 4.36. The highest BCUT2D eigenvalue weighted by atomic mass is 16.8. The molecule has 0 amide bonds. The average molecular weight is 316 g/mol. The minimum absolute atomic E-state index is 0.122. The first-order valence-corrected chi connectivity index (χ1v) is 6.76. The molecule has 22 heavy (non-hydrogen) atoms. The first-order valence-electron chi connectivity index (χ1n) is 6.76. The van der Waals surface area contributed by atoms with Crippen LogP contribution in [0.15, 0.2) is 18.2 Å². The third-order valence-electron chi connectivity index (χ3n) is 3.66. The monoisotopic (exact) mass is 316 g/mol. The molecular formula is C13H20N2O7. The number of hydrogen-bond acceptors (Lipinski definition) is 8. The fraction of sp³-hybridized carbons (Fsp3) is 0.538. The molecule has 6 atom stereocenters. The summed E-state index contributed by atoms with van der Waals surface area (Å²) in [4.78, 5) is 0. The second-order valence-corrected chi connectivity index (χ2v) is 5.23. The SMILES string of the molecule is Cc1cc([NH+]([O-])O)ccc1N[C@H]1O[C@H](CO)[C@@H](O)[C@H](O)[C@@H]1O. The van der Waals surface area contributed by atoms with E-state index in [0.29, 0.717) is 11.3 Å². The highest BCUT2D eigenvalue weighted by Crippen LogP contribution is 2.25. The molecule has 1 unspecified atom stereocenters. The molecule has 1 aromatic carbocycles. The van der Waals surface area contributed by atoms with Crippen molar-refractivity contribution in [2.75, 3.05) is 11.9 Å². The van der Waals surface area contributed by atoms with Crippen molar-refractivity contribution in [2.45, 2.75) is 37.6 Å². The Morgan fingerprint density at radius 2 is 1.91 bits per heavy atom. The van der Waals surface area contributed by atoms with Crippen molar-refractivity contribution in [1.82, 2.24) is 0 Å². The molecule has 124 valence electrons. The van der Waals surface area contributed by atoms with Gasteiger partial charge in [-0.1, -0.05) is 0 Å². The van der Waals surface area contributed by atoms with Crippen molar-refractivity contribution in [3.8, 4) is 0 Å². The second kappa shape index (κ2) is 6.86. The normalized spacial score (nSPS) is 33.5. The molecule has 1 saturated heterocycles. The molecule has 0 saturated carbocycles. The van der Waals surface area contributed by atoms with Crippen LogP contribution in [0.3, 0.4) is 0 Å². The maximum atomic E-state index is 10.9. The van der Waals surface area contributed by atoms with Gasteiger partial charge in [-0.05, 0) is 18.6 Å². The zero-order chi connectivity index (χ0) is 16.4. The summed E-state index contributed by atoms with van der Waals surface area (Å²) >= 11 is 0. The van der Waals surface area contributed by atoms with Crippen LogP contribution in [0.5, 0.6) is 0 Å². The van der Waals surface area contributed by atoms with Gasteiger partial charge < -0.3 is 35.7 Å². The van der Waals surface area contributed by atoms with Crippen molar-refractivity contribution < 1.29 is 35.6 Å². The Morgan fingerprint density at radius 1 is 1.23 bits per heavy atom. The quantitative estimate of drug-likeness (QED) is 0.304. The lowest BCUT2D eigenvalue weighted by Crippen LogP contribution is -2.99. The summed E-state index contributed by atoms with van der Waals surface area (Å²) in [5.74, 6) is 0. The van der Waals surface area contributed by atoms with Gasteiger partial charge in [-0.2, -0.15) is 5.23 Å². The number of nitrogens with one attached hydrogen (secondary N) is 2. The number of aliphatic hydroxyl groups is 4. The summed E-state index contributed by atoms with van der Waals surface area (Å²) in [7, 11) is 0. The van der Waals surface area contributed by atoms with Crippen LogP contribution in [0.1, 0.15) is 5.56 Å². The molecule has 0 bridgehead atoms. The fourth-order valence-electron chi connectivity index (χ4n) is 2.33. The van der Waals surface area contributed by atoms with E-state index in [1.165, 1.54) is 18.2 Å². The summed E-state index contributed by atoms with van der Waals surface area (Å²) < 4.78 is 5.33. The maximum absolute atomic E-state index is 10.9. The number of quaternary nitrogens is 1. The van der Waals surface area contributed by atoms with Crippen LogP contribution in [-0.4, -0.2) is 62.9 Å². The van der Waals surface area contributed by atoms with Gasteiger partial charge in [0.05, 0.1) is 6.61 Å². The molecule has 0 radical (unpaired) electrons. The Balaban J connectivity index is 2.15. The maximum Gasteiger partial charge on any atom is 0.164 e. The van der Waals surface area contributed by atoms with Crippen LogP contribution in [0.4, 0.5) is 11.4 Å². The van der Waals surface area contributed by atoms with Crippen LogP contribution in [-0.2, 0) is 4.74 Å². The zero-order valence-corrected chi connectivity index (χ0v) is 11.9. The Labute approximate surface area is 126 Å². The van der Waals surface area contributed by atoms with E-state index < -0.39 is 42.5 Å². The van der Waals surface area contributed by atoms with E-state index in [1.807, 2.05) is 0 Å². The van der Waals surface area contributed by atoms with E-state index in [1.54, 1.807) is 6.92 Å². The van der Waals surface area contributed by atoms with Gasteiger partial charge in [0.1, 0.15) is 24.4 Å². The number of rotatable bonds is 4. The molecule has 7 N–H and O–H groups in total. The Hall–Kier alpha value is -1.30. The molecule has 1 aliphatic rings. The molecule has 2 rings (SSSR count). The molecule has 1 aromatic rings. The smallest absolute Gasteiger partial charge is 0.164 e. The molecule has 1 aliphatic heterocycles. The Kier molecular flexibility index (Phi) is 5.32. The topological polar surface area (TPSA) is 150 Å².